The molecule has 0 aliphatic heterocycles. The van der Waals surface area contributed by atoms with Crippen LogP contribution in [0.4, 0.5) is 5.69 Å². The molecule has 0 saturated heterocycles. The number of aromatic nitrogens is 3. The maximum Gasteiger partial charge on any atom is 0.281 e. The Hall–Kier alpha value is -3.32. The molecule has 1 atom stereocenters. The van der Waals surface area contributed by atoms with Crippen molar-refractivity contribution in [1.82, 2.24) is 14.3 Å². The lowest BCUT2D eigenvalue weighted by Crippen LogP contribution is -2.25. The fourth-order valence-electron chi connectivity index (χ4n) is 3.98. The van der Waals surface area contributed by atoms with E-state index >= 15 is 0 Å². The molecule has 6 nitrogen and oxygen atoms in total. The predicted octanol–water partition coefficient (Wildman–Crippen LogP) is 4.73. The topological polar surface area (TPSA) is 68.9 Å². The number of hydrogen-bond donors (Lipinski definition) is 1. The van der Waals surface area contributed by atoms with Crippen LogP contribution in [0, 0.1) is 13.8 Å². The molecule has 1 N–H and O–H groups in total. The van der Waals surface area contributed by atoms with E-state index in [0.29, 0.717) is 11.1 Å². The minimum Gasteiger partial charge on any atom is -0.336 e. The zero-order valence-corrected chi connectivity index (χ0v) is 18.7. The summed E-state index contributed by atoms with van der Waals surface area (Å²) >= 11 is 1.62. The van der Waals surface area contributed by atoms with Crippen molar-refractivity contribution in [2.75, 3.05) is 11.6 Å². The molecular weight excluding hydrogens is 408 g/mol. The molecule has 1 amide bonds. The van der Waals surface area contributed by atoms with Gasteiger partial charge < -0.3 is 9.88 Å². The molecule has 0 bridgehead atoms. The Morgan fingerprint density at radius 1 is 1.06 bits per heavy atom. The van der Waals surface area contributed by atoms with Crippen molar-refractivity contribution in [2.45, 2.75) is 31.7 Å². The highest BCUT2D eigenvalue weighted by Gasteiger charge is 2.23. The highest BCUT2D eigenvalue weighted by Crippen LogP contribution is 2.27. The Labute approximate surface area is 184 Å². The number of hydrogen-bond acceptors (Lipinski definition) is 4. The highest BCUT2D eigenvalue weighted by molar-refractivity contribution is 7.98. The molecule has 0 aliphatic carbocycles. The zero-order valence-electron chi connectivity index (χ0n) is 17.9. The standard InChI is InChI=1S/C24H24N4O2S/c1-15-21-14-25-28(19-10-6-5-7-11-19)24(30)22(21)16(2)27(15)17(3)23(29)26-18-9-8-12-20(13-18)31-4/h5-14,17H,1-4H3,(H,26,29). The Bertz CT molecular complexity index is 1320. The summed E-state index contributed by atoms with van der Waals surface area (Å²) in [6, 6.07) is 16.6. The van der Waals surface area contributed by atoms with Crippen LogP contribution in [0.3, 0.4) is 0 Å². The van der Waals surface area contributed by atoms with Crippen molar-refractivity contribution in [1.29, 1.82) is 0 Å². The quantitative estimate of drug-likeness (QED) is 0.463. The maximum atomic E-state index is 13.3. The molecule has 1 unspecified atom stereocenters. The number of rotatable bonds is 5. The Kier molecular flexibility index (Phi) is 5.69. The first-order valence-corrected chi connectivity index (χ1v) is 11.2. The van der Waals surface area contributed by atoms with Crippen LogP contribution in [0.1, 0.15) is 24.4 Å². The number of carbonyl (C=O) groups is 1. The van der Waals surface area contributed by atoms with Gasteiger partial charge in [0.25, 0.3) is 5.56 Å². The lowest BCUT2D eigenvalue weighted by Gasteiger charge is -2.18. The van der Waals surface area contributed by atoms with Gasteiger partial charge in [-0.3, -0.25) is 9.59 Å². The average molecular weight is 433 g/mol. The van der Waals surface area contributed by atoms with Crippen molar-refractivity contribution < 1.29 is 4.79 Å². The second-order valence-corrected chi connectivity index (χ2v) is 8.30. The van der Waals surface area contributed by atoms with Crippen molar-refractivity contribution in [2.24, 2.45) is 0 Å². The van der Waals surface area contributed by atoms with E-state index < -0.39 is 6.04 Å². The molecular formula is C24H24N4O2S. The number of para-hydroxylation sites is 1. The van der Waals surface area contributed by atoms with Gasteiger partial charge in [0, 0.05) is 27.4 Å². The number of fused-ring (bicyclic) bond motifs is 1. The SMILES string of the molecule is CSc1cccc(NC(=O)C(C)n2c(C)c3cnn(-c4ccccc4)c(=O)c3c2C)c1. The van der Waals surface area contributed by atoms with E-state index in [4.69, 9.17) is 0 Å². The molecule has 0 aliphatic rings. The number of anilines is 1. The maximum absolute atomic E-state index is 13.3. The molecule has 2 aromatic carbocycles. The van der Waals surface area contributed by atoms with Crippen LogP contribution in [-0.4, -0.2) is 26.5 Å². The third kappa shape index (κ3) is 3.77. The highest BCUT2D eigenvalue weighted by atomic mass is 32.2. The number of nitrogens with one attached hydrogen (secondary N) is 1. The number of thioether (sulfide) groups is 1. The molecule has 7 heteroatoms. The van der Waals surface area contributed by atoms with Crippen LogP contribution in [-0.2, 0) is 4.79 Å². The average Bonchev–Trinajstić information content (AvgIpc) is 3.04. The van der Waals surface area contributed by atoms with E-state index in [9.17, 15) is 9.59 Å². The minimum absolute atomic E-state index is 0.138. The summed E-state index contributed by atoms with van der Waals surface area (Å²) in [5.74, 6) is -0.138. The van der Waals surface area contributed by atoms with Gasteiger partial charge in [0.2, 0.25) is 5.91 Å². The molecule has 2 aromatic heterocycles. The monoisotopic (exact) mass is 432 g/mol. The van der Waals surface area contributed by atoms with Gasteiger partial charge in [0.15, 0.2) is 0 Å². The Morgan fingerprint density at radius 3 is 2.52 bits per heavy atom. The van der Waals surface area contributed by atoms with E-state index in [1.807, 2.05) is 86.2 Å². The summed E-state index contributed by atoms with van der Waals surface area (Å²) in [6.45, 7) is 5.64. The van der Waals surface area contributed by atoms with E-state index in [-0.39, 0.29) is 11.5 Å². The van der Waals surface area contributed by atoms with Crippen LogP contribution in [0.5, 0.6) is 0 Å². The third-order valence-electron chi connectivity index (χ3n) is 5.56. The fraction of sp³-hybridized carbons (Fsp3) is 0.208. The van der Waals surface area contributed by atoms with Gasteiger partial charge in [0.1, 0.15) is 6.04 Å². The number of benzene rings is 2. The second-order valence-electron chi connectivity index (χ2n) is 7.42. The van der Waals surface area contributed by atoms with E-state index in [2.05, 4.69) is 10.4 Å². The number of nitrogens with zero attached hydrogens (tertiary/aromatic N) is 3. The Morgan fingerprint density at radius 2 is 1.81 bits per heavy atom. The lowest BCUT2D eigenvalue weighted by molar-refractivity contribution is -0.118. The first kappa shape index (κ1) is 20.9. The van der Waals surface area contributed by atoms with Crippen LogP contribution in [0.25, 0.3) is 16.5 Å². The molecule has 2 heterocycles. The van der Waals surface area contributed by atoms with Crippen LogP contribution in [0.15, 0.2) is 70.5 Å². The van der Waals surface area contributed by atoms with Crippen LogP contribution in [0.2, 0.25) is 0 Å². The molecule has 0 spiro atoms. The van der Waals surface area contributed by atoms with E-state index in [1.165, 1.54) is 4.68 Å². The summed E-state index contributed by atoms with van der Waals surface area (Å²) in [7, 11) is 0. The van der Waals surface area contributed by atoms with E-state index in [1.54, 1.807) is 18.0 Å². The summed E-state index contributed by atoms with van der Waals surface area (Å²) in [6.07, 6.45) is 3.70. The summed E-state index contributed by atoms with van der Waals surface area (Å²) in [5.41, 5.74) is 2.87. The smallest absolute Gasteiger partial charge is 0.281 e. The zero-order chi connectivity index (χ0) is 22.1. The molecule has 0 saturated carbocycles. The number of aryl methyl sites for hydroxylation is 2. The lowest BCUT2D eigenvalue weighted by atomic mass is 10.2. The van der Waals surface area contributed by atoms with Gasteiger partial charge in [-0.25, -0.2) is 0 Å². The van der Waals surface area contributed by atoms with Crippen molar-refractivity contribution >= 4 is 34.1 Å². The summed E-state index contributed by atoms with van der Waals surface area (Å²) < 4.78 is 3.31. The normalized spacial score (nSPS) is 12.1. The summed E-state index contributed by atoms with van der Waals surface area (Å²) in [5, 5.41) is 8.71. The second kappa shape index (κ2) is 8.43. The van der Waals surface area contributed by atoms with Gasteiger partial charge in [-0.15, -0.1) is 11.8 Å². The predicted molar refractivity (Wildman–Crippen MR) is 126 cm³/mol. The first-order valence-electron chi connectivity index (χ1n) is 10.0. The Balaban J connectivity index is 1.74. The molecule has 4 rings (SSSR count). The summed E-state index contributed by atoms with van der Waals surface area (Å²) in [4.78, 5) is 27.4. The van der Waals surface area contributed by atoms with Crippen molar-refractivity contribution in [3.8, 4) is 5.69 Å². The van der Waals surface area contributed by atoms with Gasteiger partial charge in [0.05, 0.1) is 17.3 Å². The third-order valence-corrected chi connectivity index (χ3v) is 6.28. The van der Waals surface area contributed by atoms with Crippen LogP contribution < -0.4 is 10.9 Å². The molecule has 158 valence electrons. The number of amides is 1. The molecule has 0 fully saturated rings. The minimum atomic E-state index is -0.491. The van der Waals surface area contributed by atoms with E-state index in [0.717, 1.165) is 27.4 Å². The van der Waals surface area contributed by atoms with Crippen molar-refractivity contribution in [3.63, 3.8) is 0 Å². The van der Waals surface area contributed by atoms with Gasteiger partial charge in [-0.1, -0.05) is 24.3 Å². The van der Waals surface area contributed by atoms with Gasteiger partial charge in [-0.05, 0) is 57.4 Å². The van der Waals surface area contributed by atoms with Crippen molar-refractivity contribution in [3.05, 3.63) is 82.5 Å². The van der Waals surface area contributed by atoms with Crippen LogP contribution >= 0.6 is 11.8 Å². The largest absolute Gasteiger partial charge is 0.336 e. The van der Waals surface area contributed by atoms with Gasteiger partial charge >= 0.3 is 0 Å². The van der Waals surface area contributed by atoms with Gasteiger partial charge in [-0.2, -0.15) is 9.78 Å². The fourth-order valence-corrected chi connectivity index (χ4v) is 4.44. The molecule has 0 radical (unpaired) electrons. The molecule has 31 heavy (non-hydrogen) atoms. The first-order chi connectivity index (χ1) is 14.9. The molecule has 4 aromatic rings. The number of carbonyl (C=O) groups excluding carboxylic acids is 1.